The molecule has 1 aliphatic rings. The van der Waals surface area contributed by atoms with Crippen LogP contribution in [0.5, 0.6) is 5.75 Å². The van der Waals surface area contributed by atoms with Gasteiger partial charge < -0.3 is 9.47 Å². The summed E-state index contributed by atoms with van der Waals surface area (Å²) in [5.41, 5.74) is 4.11. The molecule has 7 nitrogen and oxygen atoms in total. The molecule has 0 saturated heterocycles. The van der Waals surface area contributed by atoms with Crippen molar-refractivity contribution < 1.29 is 14.3 Å². The fraction of sp³-hybridized carbons (Fsp3) is 0.214. The van der Waals surface area contributed by atoms with Gasteiger partial charge in [0.25, 0.3) is 5.56 Å². The first kappa shape index (κ1) is 23.7. The summed E-state index contributed by atoms with van der Waals surface area (Å²) in [5, 5.41) is 1.04. The number of fused-ring (bicyclic) bond motifs is 2. The van der Waals surface area contributed by atoms with E-state index in [4.69, 9.17) is 14.5 Å². The van der Waals surface area contributed by atoms with Gasteiger partial charge in [-0.05, 0) is 62.7 Å². The molecular weight excluding hydrogens is 474 g/mol. The van der Waals surface area contributed by atoms with Gasteiger partial charge in [-0.15, -0.1) is 0 Å². The summed E-state index contributed by atoms with van der Waals surface area (Å²) in [6, 6.07) is 16.6. The summed E-state index contributed by atoms with van der Waals surface area (Å²) in [7, 11) is 1.59. The Bertz CT molecular complexity index is 1700. The van der Waals surface area contributed by atoms with Crippen LogP contribution in [0, 0.1) is 6.92 Å². The third kappa shape index (κ3) is 4.24. The molecular formula is C28H25N3O4S. The Morgan fingerprint density at radius 2 is 1.89 bits per heavy atom. The average molecular weight is 500 g/mol. The molecule has 0 amide bonds. The van der Waals surface area contributed by atoms with E-state index in [1.807, 2.05) is 55.5 Å². The second-order valence-corrected chi connectivity index (χ2v) is 9.52. The summed E-state index contributed by atoms with van der Waals surface area (Å²) in [6.45, 7) is 5.79. The molecule has 0 spiro atoms. The average Bonchev–Trinajstić information content (AvgIpc) is 3.17. The smallest absolute Gasteiger partial charge is 0.338 e. The minimum absolute atomic E-state index is 0.225. The largest absolute Gasteiger partial charge is 0.497 e. The Morgan fingerprint density at radius 3 is 2.61 bits per heavy atom. The van der Waals surface area contributed by atoms with E-state index in [9.17, 15) is 9.59 Å². The number of allylic oxidation sites excluding steroid dienone is 1. The quantitative estimate of drug-likeness (QED) is 0.392. The molecule has 5 rings (SSSR count). The molecule has 0 fully saturated rings. The zero-order valence-electron chi connectivity index (χ0n) is 20.4. The first-order chi connectivity index (χ1) is 17.4. The predicted octanol–water partition coefficient (Wildman–Crippen LogP) is 3.66. The number of aromatic nitrogens is 2. The van der Waals surface area contributed by atoms with E-state index >= 15 is 0 Å². The number of benzene rings is 2. The lowest BCUT2D eigenvalue weighted by molar-refractivity contribution is -0.139. The van der Waals surface area contributed by atoms with Gasteiger partial charge in [0.2, 0.25) is 0 Å². The van der Waals surface area contributed by atoms with Gasteiger partial charge >= 0.3 is 5.97 Å². The number of carbonyl (C=O) groups excluding carboxylic acids is 1. The number of esters is 1. The Morgan fingerprint density at radius 1 is 1.11 bits per heavy atom. The van der Waals surface area contributed by atoms with Crippen LogP contribution < -0.4 is 19.6 Å². The minimum atomic E-state index is -0.666. The van der Waals surface area contributed by atoms with Gasteiger partial charge in [0, 0.05) is 5.39 Å². The molecule has 1 atom stereocenters. The van der Waals surface area contributed by atoms with Crippen LogP contribution in [0.4, 0.5) is 0 Å². The van der Waals surface area contributed by atoms with Crippen LogP contribution in [0.15, 0.2) is 75.7 Å². The monoisotopic (exact) mass is 499 g/mol. The number of nitrogens with zero attached hydrogens (tertiary/aromatic N) is 3. The van der Waals surface area contributed by atoms with Crippen LogP contribution in [0.1, 0.15) is 36.7 Å². The fourth-order valence-electron chi connectivity index (χ4n) is 4.37. The fourth-order valence-corrected chi connectivity index (χ4v) is 5.40. The lowest BCUT2D eigenvalue weighted by Gasteiger charge is -2.24. The maximum absolute atomic E-state index is 13.7. The molecule has 2 aromatic heterocycles. The summed E-state index contributed by atoms with van der Waals surface area (Å²) < 4.78 is 12.7. The molecule has 1 aliphatic heterocycles. The number of aryl methyl sites for hydroxylation is 1. The topological polar surface area (TPSA) is 82.8 Å². The van der Waals surface area contributed by atoms with E-state index in [0.717, 1.165) is 22.0 Å². The number of carbonyl (C=O) groups is 1. The molecule has 36 heavy (non-hydrogen) atoms. The summed E-state index contributed by atoms with van der Waals surface area (Å²) in [4.78, 5) is 36.6. The molecule has 0 unspecified atom stereocenters. The number of pyridine rings is 1. The number of hydrogen-bond acceptors (Lipinski definition) is 7. The third-order valence-electron chi connectivity index (χ3n) is 6.09. The normalized spacial score (nSPS) is 15.6. The number of methoxy groups -OCH3 is 1. The molecule has 3 heterocycles. The molecule has 4 aromatic rings. The lowest BCUT2D eigenvalue weighted by atomic mass is 9.96. The highest BCUT2D eigenvalue weighted by Crippen LogP contribution is 2.31. The molecule has 2 aromatic carbocycles. The third-order valence-corrected chi connectivity index (χ3v) is 7.08. The van der Waals surface area contributed by atoms with Crippen LogP contribution in [0.3, 0.4) is 0 Å². The van der Waals surface area contributed by atoms with Crippen molar-refractivity contribution in [3.05, 3.63) is 102 Å². The van der Waals surface area contributed by atoms with Gasteiger partial charge in [0.1, 0.15) is 5.75 Å². The van der Waals surface area contributed by atoms with Crippen LogP contribution in [-0.4, -0.2) is 29.2 Å². The van der Waals surface area contributed by atoms with Crippen molar-refractivity contribution >= 4 is 34.3 Å². The Kier molecular flexibility index (Phi) is 6.28. The van der Waals surface area contributed by atoms with Gasteiger partial charge in [-0.1, -0.05) is 41.2 Å². The Balaban J connectivity index is 1.68. The van der Waals surface area contributed by atoms with E-state index in [2.05, 4.69) is 11.1 Å². The standard InChI is InChI=1S/C28H25N3O4S/c1-5-35-27(33)24-17(3)29-28-31(25(24)18-8-11-21(34-4)12-9-18)26(32)23(36-28)15-20-10-7-19-14-16(2)6-13-22(19)30-20/h6-15,25H,5H2,1-4H3/b23-15+/t25-/m1/s1. The van der Waals surface area contributed by atoms with Crippen molar-refractivity contribution in [2.75, 3.05) is 13.7 Å². The first-order valence-electron chi connectivity index (χ1n) is 11.6. The summed E-state index contributed by atoms with van der Waals surface area (Å²) in [5.74, 6) is 0.197. The summed E-state index contributed by atoms with van der Waals surface area (Å²) >= 11 is 1.28. The van der Waals surface area contributed by atoms with Crippen LogP contribution in [0.2, 0.25) is 0 Å². The van der Waals surface area contributed by atoms with Crippen molar-refractivity contribution in [1.82, 2.24) is 9.55 Å². The zero-order valence-corrected chi connectivity index (χ0v) is 21.3. The van der Waals surface area contributed by atoms with Gasteiger partial charge in [0.05, 0.1) is 46.8 Å². The van der Waals surface area contributed by atoms with Gasteiger partial charge in [-0.3, -0.25) is 9.36 Å². The van der Waals surface area contributed by atoms with Gasteiger partial charge in [-0.2, -0.15) is 0 Å². The highest BCUT2D eigenvalue weighted by atomic mass is 32.1. The number of ether oxygens (including phenoxy) is 2. The second kappa shape index (κ2) is 9.54. The zero-order chi connectivity index (χ0) is 25.4. The van der Waals surface area contributed by atoms with Gasteiger partial charge in [-0.25, -0.2) is 14.8 Å². The highest BCUT2D eigenvalue weighted by molar-refractivity contribution is 7.07. The Labute approximate surface area is 211 Å². The number of thiazole rings is 1. The van der Waals surface area contributed by atoms with E-state index in [1.54, 1.807) is 31.6 Å². The molecule has 0 aliphatic carbocycles. The van der Waals surface area contributed by atoms with Crippen LogP contribution >= 0.6 is 11.3 Å². The number of rotatable bonds is 5. The van der Waals surface area contributed by atoms with Gasteiger partial charge in [0.15, 0.2) is 4.80 Å². The molecule has 0 N–H and O–H groups in total. The van der Waals surface area contributed by atoms with Crippen molar-refractivity contribution in [1.29, 1.82) is 0 Å². The van der Waals surface area contributed by atoms with Crippen molar-refractivity contribution in [2.45, 2.75) is 26.8 Å². The molecule has 182 valence electrons. The van der Waals surface area contributed by atoms with E-state index in [-0.39, 0.29) is 12.2 Å². The van der Waals surface area contributed by atoms with Crippen LogP contribution in [0.25, 0.3) is 17.0 Å². The first-order valence-corrected chi connectivity index (χ1v) is 12.4. The van der Waals surface area contributed by atoms with E-state index < -0.39 is 12.0 Å². The molecule has 0 saturated carbocycles. The maximum Gasteiger partial charge on any atom is 0.338 e. The Hall–Kier alpha value is -4.04. The predicted molar refractivity (Wildman–Crippen MR) is 140 cm³/mol. The van der Waals surface area contributed by atoms with E-state index in [0.29, 0.717) is 32.0 Å². The van der Waals surface area contributed by atoms with E-state index in [1.165, 1.54) is 11.3 Å². The number of hydrogen-bond donors (Lipinski definition) is 0. The molecule has 8 heteroatoms. The SMILES string of the molecule is CCOC(=O)C1=C(C)N=c2s/c(=C/c3ccc4cc(C)ccc4n3)c(=O)n2[C@@H]1c1ccc(OC)cc1. The van der Waals surface area contributed by atoms with Crippen LogP contribution in [-0.2, 0) is 9.53 Å². The maximum atomic E-state index is 13.7. The second-order valence-electron chi connectivity index (χ2n) is 8.51. The highest BCUT2D eigenvalue weighted by Gasteiger charge is 2.33. The van der Waals surface area contributed by atoms with Crippen molar-refractivity contribution in [2.24, 2.45) is 4.99 Å². The van der Waals surface area contributed by atoms with Crippen molar-refractivity contribution in [3.8, 4) is 5.75 Å². The van der Waals surface area contributed by atoms with Crippen molar-refractivity contribution in [3.63, 3.8) is 0 Å². The summed E-state index contributed by atoms with van der Waals surface area (Å²) in [6.07, 6.45) is 1.78. The lowest BCUT2D eigenvalue weighted by Crippen LogP contribution is -2.39. The molecule has 0 bridgehead atoms. The molecule has 0 radical (unpaired) electrons. The minimum Gasteiger partial charge on any atom is -0.497 e.